The summed E-state index contributed by atoms with van der Waals surface area (Å²) in [5, 5.41) is 0. The van der Waals surface area contributed by atoms with E-state index < -0.39 is 0 Å². The van der Waals surface area contributed by atoms with Crippen molar-refractivity contribution in [2.75, 3.05) is 0 Å². The highest BCUT2D eigenvalue weighted by Gasteiger charge is 2.13. The van der Waals surface area contributed by atoms with Gasteiger partial charge in [-0.05, 0) is 11.8 Å². The minimum absolute atomic E-state index is 0.877. The van der Waals surface area contributed by atoms with Gasteiger partial charge in [0, 0.05) is 0 Å². The van der Waals surface area contributed by atoms with E-state index >= 15 is 0 Å². The van der Waals surface area contributed by atoms with Gasteiger partial charge in [-0.3, -0.25) is 0 Å². The normalized spacial score (nSPS) is 13.9. The SMILES string of the molecule is CCC(CC)C(C)CBC(C)C. The Labute approximate surface area is 79.4 Å². The van der Waals surface area contributed by atoms with Crippen molar-refractivity contribution in [2.24, 2.45) is 11.8 Å². The summed E-state index contributed by atoms with van der Waals surface area (Å²) in [6.07, 6.45) is 4.13. The molecule has 0 aromatic heterocycles. The molecule has 0 aromatic carbocycles. The molecule has 0 saturated heterocycles. The first-order chi connectivity index (χ1) is 5.61. The lowest BCUT2D eigenvalue weighted by Crippen LogP contribution is -2.12. The zero-order chi connectivity index (χ0) is 9.56. The summed E-state index contributed by atoms with van der Waals surface area (Å²) in [5.74, 6) is 2.77. The van der Waals surface area contributed by atoms with E-state index in [2.05, 4.69) is 34.6 Å². The van der Waals surface area contributed by atoms with E-state index in [1.165, 1.54) is 26.4 Å². The summed E-state index contributed by atoms with van der Waals surface area (Å²) < 4.78 is 0. The molecular weight excluding hydrogens is 143 g/mol. The third-order valence-electron chi connectivity index (χ3n) is 3.05. The van der Waals surface area contributed by atoms with Gasteiger partial charge in [0.1, 0.15) is 7.28 Å². The number of hydrogen-bond donors (Lipinski definition) is 0. The van der Waals surface area contributed by atoms with Crippen LogP contribution in [0, 0.1) is 11.8 Å². The van der Waals surface area contributed by atoms with Gasteiger partial charge in [0.25, 0.3) is 0 Å². The highest BCUT2D eigenvalue weighted by molar-refractivity contribution is 6.37. The summed E-state index contributed by atoms with van der Waals surface area (Å²) in [4.78, 5) is 0. The lowest BCUT2D eigenvalue weighted by molar-refractivity contribution is 0.361. The van der Waals surface area contributed by atoms with Crippen LogP contribution in [0.15, 0.2) is 0 Å². The van der Waals surface area contributed by atoms with Crippen LogP contribution >= 0.6 is 0 Å². The average Bonchev–Trinajstić information content (AvgIpc) is 2.03. The standard InChI is InChI=1S/C11H25B/c1-6-11(7-2)10(5)8-12-9(3)4/h9-12H,6-8H2,1-5H3. The van der Waals surface area contributed by atoms with Crippen molar-refractivity contribution >= 4 is 7.28 Å². The highest BCUT2D eigenvalue weighted by atomic mass is 14.1. The smallest absolute Gasteiger partial charge is 0.0744 e. The first-order valence-corrected chi connectivity index (χ1v) is 5.61. The fourth-order valence-corrected chi connectivity index (χ4v) is 1.93. The quantitative estimate of drug-likeness (QED) is 0.530. The highest BCUT2D eigenvalue weighted by Crippen LogP contribution is 2.23. The molecule has 1 atom stereocenters. The third-order valence-corrected chi connectivity index (χ3v) is 3.05. The van der Waals surface area contributed by atoms with Crippen LogP contribution in [0.25, 0.3) is 0 Å². The van der Waals surface area contributed by atoms with Gasteiger partial charge in [0.2, 0.25) is 0 Å². The van der Waals surface area contributed by atoms with Crippen LogP contribution in [0.5, 0.6) is 0 Å². The van der Waals surface area contributed by atoms with Gasteiger partial charge in [-0.25, -0.2) is 0 Å². The molecule has 1 unspecified atom stereocenters. The second kappa shape index (κ2) is 6.57. The molecule has 0 bridgehead atoms. The predicted octanol–water partition coefficient (Wildman–Crippen LogP) is 3.74. The lowest BCUT2D eigenvalue weighted by Gasteiger charge is -2.21. The Balaban J connectivity index is 3.61. The van der Waals surface area contributed by atoms with Crippen LogP contribution in [0.1, 0.15) is 47.5 Å². The molecule has 12 heavy (non-hydrogen) atoms. The van der Waals surface area contributed by atoms with Gasteiger partial charge in [0.15, 0.2) is 0 Å². The maximum Gasteiger partial charge on any atom is 0.123 e. The molecule has 0 aromatic rings. The first-order valence-electron chi connectivity index (χ1n) is 5.61. The van der Waals surface area contributed by atoms with E-state index in [0.29, 0.717) is 0 Å². The molecule has 72 valence electrons. The van der Waals surface area contributed by atoms with Gasteiger partial charge in [-0.1, -0.05) is 59.6 Å². The number of hydrogen-bond acceptors (Lipinski definition) is 0. The molecule has 0 fully saturated rings. The molecule has 0 rings (SSSR count). The Hall–Kier alpha value is 0.0649. The van der Waals surface area contributed by atoms with Crippen molar-refractivity contribution in [1.29, 1.82) is 0 Å². The Morgan fingerprint density at radius 1 is 1.00 bits per heavy atom. The monoisotopic (exact) mass is 168 g/mol. The minimum Gasteiger partial charge on any atom is -0.0744 e. The van der Waals surface area contributed by atoms with Gasteiger partial charge in [0.05, 0.1) is 0 Å². The van der Waals surface area contributed by atoms with E-state index in [1.807, 2.05) is 0 Å². The Morgan fingerprint density at radius 2 is 1.50 bits per heavy atom. The van der Waals surface area contributed by atoms with Crippen molar-refractivity contribution in [2.45, 2.75) is 59.6 Å². The van der Waals surface area contributed by atoms with Gasteiger partial charge >= 0.3 is 0 Å². The zero-order valence-corrected chi connectivity index (χ0v) is 9.56. The summed E-state index contributed by atoms with van der Waals surface area (Å²) in [7, 11) is 1.40. The molecule has 0 saturated carbocycles. The molecule has 0 aliphatic carbocycles. The molecule has 0 aliphatic rings. The Bertz CT molecular complexity index is 95.2. The van der Waals surface area contributed by atoms with Crippen molar-refractivity contribution < 1.29 is 0 Å². The fourth-order valence-electron chi connectivity index (χ4n) is 1.93. The van der Waals surface area contributed by atoms with Crippen LogP contribution < -0.4 is 0 Å². The van der Waals surface area contributed by atoms with Gasteiger partial charge in [-0.2, -0.15) is 0 Å². The van der Waals surface area contributed by atoms with Crippen molar-refractivity contribution in [1.82, 2.24) is 0 Å². The van der Waals surface area contributed by atoms with E-state index in [0.717, 1.165) is 17.7 Å². The van der Waals surface area contributed by atoms with E-state index in [-0.39, 0.29) is 0 Å². The predicted molar refractivity (Wildman–Crippen MR) is 60.3 cm³/mol. The molecule has 0 heterocycles. The van der Waals surface area contributed by atoms with Crippen LogP contribution in [0.4, 0.5) is 0 Å². The summed E-state index contributed by atoms with van der Waals surface area (Å²) >= 11 is 0. The van der Waals surface area contributed by atoms with Crippen LogP contribution in [0.3, 0.4) is 0 Å². The molecule has 0 aliphatic heterocycles. The van der Waals surface area contributed by atoms with E-state index in [9.17, 15) is 0 Å². The summed E-state index contributed by atoms with van der Waals surface area (Å²) in [6, 6.07) is 0. The molecule has 1 heteroatoms. The Morgan fingerprint density at radius 3 is 1.83 bits per heavy atom. The van der Waals surface area contributed by atoms with Gasteiger partial charge in [-0.15, -0.1) is 0 Å². The van der Waals surface area contributed by atoms with Crippen LogP contribution in [-0.4, -0.2) is 7.28 Å². The van der Waals surface area contributed by atoms with E-state index in [4.69, 9.17) is 0 Å². The largest absolute Gasteiger partial charge is 0.123 e. The third kappa shape index (κ3) is 4.85. The molecule has 0 nitrogen and oxygen atoms in total. The minimum atomic E-state index is 0.877. The first kappa shape index (κ1) is 12.1. The number of rotatable bonds is 6. The van der Waals surface area contributed by atoms with Crippen molar-refractivity contribution in [3.8, 4) is 0 Å². The summed E-state index contributed by atoms with van der Waals surface area (Å²) in [5.41, 5.74) is 0. The fraction of sp³-hybridized carbons (Fsp3) is 1.00. The second-order valence-electron chi connectivity index (χ2n) is 4.53. The topological polar surface area (TPSA) is 0 Å². The molecule has 0 N–H and O–H groups in total. The van der Waals surface area contributed by atoms with Crippen LogP contribution in [-0.2, 0) is 0 Å². The second-order valence-corrected chi connectivity index (χ2v) is 4.53. The van der Waals surface area contributed by atoms with Crippen LogP contribution in [0.2, 0.25) is 12.1 Å². The lowest BCUT2D eigenvalue weighted by atomic mass is 9.59. The Kier molecular flexibility index (Phi) is 6.60. The zero-order valence-electron chi connectivity index (χ0n) is 9.56. The average molecular weight is 168 g/mol. The summed E-state index contributed by atoms with van der Waals surface area (Å²) in [6.45, 7) is 11.7. The molecule has 0 amide bonds. The molecular formula is C11H25B. The maximum atomic E-state index is 2.42. The van der Waals surface area contributed by atoms with Gasteiger partial charge < -0.3 is 0 Å². The molecule has 0 spiro atoms. The molecule has 0 radical (unpaired) electrons. The van der Waals surface area contributed by atoms with Crippen molar-refractivity contribution in [3.05, 3.63) is 0 Å². The van der Waals surface area contributed by atoms with Crippen molar-refractivity contribution in [3.63, 3.8) is 0 Å². The maximum absolute atomic E-state index is 2.42. The van der Waals surface area contributed by atoms with E-state index in [1.54, 1.807) is 0 Å².